The minimum absolute atomic E-state index is 0.0974. The lowest BCUT2D eigenvalue weighted by Gasteiger charge is -2.31. The molecule has 1 aromatic heterocycles. The third-order valence-electron chi connectivity index (χ3n) is 5.37. The van der Waals surface area contributed by atoms with Crippen molar-refractivity contribution in [3.8, 4) is 5.75 Å². The van der Waals surface area contributed by atoms with Crippen LogP contribution in [0.1, 0.15) is 12.0 Å². The second kappa shape index (κ2) is 8.34. The Morgan fingerprint density at radius 3 is 2.52 bits per heavy atom. The molecule has 1 atom stereocenters. The first-order valence-corrected chi connectivity index (χ1v) is 11.3. The van der Waals surface area contributed by atoms with E-state index in [2.05, 4.69) is 14.4 Å². The number of ether oxygens (including phenoxy) is 1. The van der Waals surface area contributed by atoms with Crippen LogP contribution >= 0.6 is 0 Å². The maximum absolute atomic E-state index is 13.6. The number of nitrogens with zero attached hydrogens (tertiary/aromatic N) is 3. The molecule has 1 aliphatic rings. The number of anilines is 1. The second-order valence-electron chi connectivity index (χ2n) is 7.79. The highest BCUT2D eigenvalue weighted by Crippen LogP contribution is 2.37. The summed E-state index contributed by atoms with van der Waals surface area (Å²) in [6, 6.07) is 10.9. The predicted molar refractivity (Wildman–Crippen MR) is 112 cm³/mol. The highest BCUT2D eigenvalue weighted by molar-refractivity contribution is 7.89. The van der Waals surface area contributed by atoms with Crippen LogP contribution in [0.4, 0.5) is 23.2 Å². The van der Waals surface area contributed by atoms with Gasteiger partial charge in [-0.15, -0.1) is 13.2 Å². The van der Waals surface area contributed by atoms with Crippen LogP contribution in [0.15, 0.2) is 66.1 Å². The number of alkyl halides is 3. The topological polar surface area (TPSA) is 76.5 Å². The summed E-state index contributed by atoms with van der Waals surface area (Å²) in [5.41, 5.74) is -0.211. The maximum Gasteiger partial charge on any atom is 0.573 e. The van der Waals surface area contributed by atoms with Crippen molar-refractivity contribution in [2.24, 2.45) is 7.05 Å². The van der Waals surface area contributed by atoms with Crippen molar-refractivity contribution in [2.45, 2.75) is 23.3 Å². The summed E-state index contributed by atoms with van der Waals surface area (Å²) in [4.78, 5) is 5.65. The molecule has 0 radical (unpaired) electrons. The smallest absolute Gasteiger partial charge is 0.406 e. The van der Waals surface area contributed by atoms with Gasteiger partial charge >= 0.3 is 6.36 Å². The highest BCUT2D eigenvalue weighted by atomic mass is 32.2. The first-order valence-electron chi connectivity index (χ1n) is 9.85. The molecule has 176 valence electrons. The lowest BCUT2D eigenvalue weighted by atomic mass is 9.90. The second-order valence-corrected chi connectivity index (χ2v) is 9.42. The van der Waals surface area contributed by atoms with Crippen LogP contribution in [0.3, 0.4) is 0 Å². The zero-order valence-corrected chi connectivity index (χ0v) is 18.2. The summed E-state index contributed by atoms with van der Waals surface area (Å²) in [5, 5.41) is -0.175. The van der Waals surface area contributed by atoms with Gasteiger partial charge in [0.15, 0.2) is 5.03 Å². The third kappa shape index (κ3) is 5.11. The summed E-state index contributed by atoms with van der Waals surface area (Å²) in [6.45, 7) is 0.428. The van der Waals surface area contributed by atoms with Gasteiger partial charge in [-0.3, -0.25) is 0 Å². The van der Waals surface area contributed by atoms with E-state index in [1.165, 1.54) is 59.6 Å². The molecule has 12 heteroatoms. The Morgan fingerprint density at radius 1 is 1.15 bits per heavy atom. The van der Waals surface area contributed by atoms with E-state index in [0.717, 1.165) is 0 Å². The standard InChI is InChI=1S/C21H20F4N4O3S/c1-28-12-19(26-14-28)33(30,31)27-20(15-5-7-16(22)8-6-15)9-10-29(13-20)17-3-2-4-18(11-17)32-21(23,24)25/h2-8,11-12,14,27H,9-10,13H2,1H3. The third-order valence-corrected chi connectivity index (χ3v) is 6.79. The number of benzene rings is 2. The lowest BCUT2D eigenvalue weighted by molar-refractivity contribution is -0.274. The SMILES string of the molecule is Cn1cnc(S(=O)(=O)NC2(c3ccc(F)cc3)CCN(c3cccc(OC(F)(F)F)c3)C2)c1. The van der Waals surface area contributed by atoms with Gasteiger partial charge in [-0.05, 0) is 36.2 Å². The monoisotopic (exact) mass is 484 g/mol. The Hall–Kier alpha value is -3.12. The quantitative estimate of drug-likeness (QED) is 0.542. The van der Waals surface area contributed by atoms with Crippen molar-refractivity contribution >= 4 is 15.7 Å². The van der Waals surface area contributed by atoms with E-state index in [0.29, 0.717) is 17.8 Å². The molecule has 33 heavy (non-hydrogen) atoms. The zero-order chi connectivity index (χ0) is 23.9. The van der Waals surface area contributed by atoms with E-state index < -0.39 is 27.7 Å². The van der Waals surface area contributed by atoms with Crippen LogP contribution < -0.4 is 14.4 Å². The minimum Gasteiger partial charge on any atom is -0.406 e. The summed E-state index contributed by atoms with van der Waals surface area (Å²) in [6.07, 6.45) is -1.84. The number of aromatic nitrogens is 2. The number of imidazole rings is 1. The van der Waals surface area contributed by atoms with E-state index in [1.54, 1.807) is 18.0 Å². The zero-order valence-electron chi connectivity index (χ0n) is 17.4. The molecule has 0 saturated carbocycles. The fourth-order valence-electron chi connectivity index (χ4n) is 3.89. The van der Waals surface area contributed by atoms with Crippen molar-refractivity contribution in [1.29, 1.82) is 0 Å². The van der Waals surface area contributed by atoms with Crippen LogP contribution in [0, 0.1) is 5.82 Å². The number of rotatable bonds is 6. The Kier molecular flexibility index (Phi) is 5.83. The fraction of sp³-hybridized carbons (Fsp3) is 0.286. The van der Waals surface area contributed by atoms with Gasteiger partial charge in [-0.1, -0.05) is 18.2 Å². The molecule has 0 bridgehead atoms. The summed E-state index contributed by atoms with van der Waals surface area (Å²) in [5.74, 6) is -0.860. The van der Waals surface area contributed by atoms with Gasteiger partial charge in [-0.2, -0.15) is 4.72 Å². The molecule has 0 spiro atoms. The van der Waals surface area contributed by atoms with Gasteiger partial charge < -0.3 is 14.2 Å². The molecule has 0 aliphatic carbocycles. The van der Waals surface area contributed by atoms with Crippen LogP contribution in [-0.4, -0.2) is 37.4 Å². The Morgan fingerprint density at radius 2 is 1.88 bits per heavy atom. The molecule has 1 saturated heterocycles. The van der Waals surface area contributed by atoms with Gasteiger partial charge in [0.1, 0.15) is 11.6 Å². The van der Waals surface area contributed by atoms with Crippen molar-refractivity contribution < 1.29 is 30.7 Å². The van der Waals surface area contributed by atoms with E-state index in [4.69, 9.17) is 0 Å². The summed E-state index contributed by atoms with van der Waals surface area (Å²) in [7, 11) is -2.42. The van der Waals surface area contributed by atoms with Gasteiger partial charge in [0.2, 0.25) is 0 Å². The van der Waals surface area contributed by atoms with Crippen LogP contribution in [0.25, 0.3) is 0 Å². The fourth-order valence-corrected chi connectivity index (χ4v) is 5.29. The average Bonchev–Trinajstić information content (AvgIpc) is 3.35. The van der Waals surface area contributed by atoms with E-state index in [1.807, 2.05) is 0 Å². The van der Waals surface area contributed by atoms with Crippen LogP contribution in [0.5, 0.6) is 5.75 Å². The predicted octanol–water partition coefficient (Wildman–Crippen LogP) is 3.54. The molecular formula is C21H20F4N4O3S. The lowest BCUT2D eigenvalue weighted by Crippen LogP contribution is -2.48. The number of sulfonamides is 1. The molecule has 1 fully saturated rings. The number of aryl methyl sites for hydroxylation is 1. The van der Waals surface area contributed by atoms with Gasteiger partial charge in [0.25, 0.3) is 10.0 Å². The van der Waals surface area contributed by atoms with Gasteiger partial charge in [0, 0.05) is 38.1 Å². The molecule has 4 rings (SSSR count). The maximum atomic E-state index is 13.6. The summed E-state index contributed by atoms with van der Waals surface area (Å²) < 4.78 is 85.8. The number of nitrogens with one attached hydrogen (secondary N) is 1. The number of hydrogen-bond donors (Lipinski definition) is 1. The molecule has 7 nitrogen and oxygen atoms in total. The summed E-state index contributed by atoms with van der Waals surface area (Å²) >= 11 is 0. The Balaban J connectivity index is 1.67. The Labute approximate surface area is 187 Å². The molecule has 3 aromatic rings. The van der Waals surface area contributed by atoms with E-state index in [-0.39, 0.29) is 23.7 Å². The van der Waals surface area contributed by atoms with Crippen LogP contribution in [0.2, 0.25) is 0 Å². The molecule has 1 aliphatic heterocycles. The number of hydrogen-bond acceptors (Lipinski definition) is 5. The van der Waals surface area contributed by atoms with Gasteiger partial charge in [0.05, 0.1) is 11.9 Å². The highest BCUT2D eigenvalue weighted by Gasteiger charge is 2.44. The Bertz CT molecular complexity index is 1240. The van der Waals surface area contributed by atoms with E-state index >= 15 is 0 Å². The van der Waals surface area contributed by atoms with Gasteiger partial charge in [-0.25, -0.2) is 17.8 Å². The average molecular weight is 484 g/mol. The number of halogens is 4. The first kappa shape index (κ1) is 23.1. The van der Waals surface area contributed by atoms with Crippen molar-refractivity contribution in [3.05, 3.63) is 72.4 Å². The molecule has 1 unspecified atom stereocenters. The molecule has 0 amide bonds. The van der Waals surface area contributed by atoms with E-state index in [9.17, 15) is 26.0 Å². The van der Waals surface area contributed by atoms with Crippen molar-refractivity contribution in [2.75, 3.05) is 18.0 Å². The molecule has 1 N–H and O–H groups in total. The normalized spacial score (nSPS) is 19.1. The first-order chi connectivity index (χ1) is 15.5. The molecule has 2 heterocycles. The molecule has 2 aromatic carbocycles. The minimum atomic E-state index is -4.83. The van der Waals surface area contributed by atoms with Crippen molar-refractivity contribution in [3.63, 3.8) is 0 Å². The van der Waals surface area contributed by atoms with Crippen molar-refractivity contribution in [1.82, 2.24) is 14.3 Å². The largest absolute Gasteiger partial charge is 0.573 e. The van der Waals surface area contributed by atoms with Crippen LogP contribution in [-0.2, 0) is 22.6 Å². The molecular weight excluding hydrogens is 464 g/mol.